The first-order valence-corrected chi connectivity index (χ1v) is 14.7. The van der Waals surface area contributed by atoms with Crippen molar-refractivity contribution in [1.82, 2.24) is 5.32 Å². The summed E-state index contributed by atoms with van der Waals surface area (Å²) < 4.78 is 0. The summed E-state index contributed by atoms with van der Waals surface area (Å²) in [6.07, 6.45) is 2.18. The zero-order chi connectivity index (χ0) is 29.2. The van der Waals surface area contributed by atoms with Crippen LogP contribution in [0.2, 0.25) is 0 Å². The van der Waals surface area contributed by atoms with Gasteiger partial charge >= 0.3 is 18.9 Å². The van der Waals surface area contributed by atoms with Crippen LogP contribution in [0.4, 0.5) is 11.4 Å². The van der Waals surface area contributed by atoms with E-state index in [1.54, 1.807) is 6.07 Å². The number of carbonyl (C=O) groups is 2. The summed E-state index contributed by atoms with van der Waals surface area (Å²) in [7, 11) is 0. The Bertz CT molecular complexity index is 1540. The molecule has 4 aromatic rings. The van der Waals surface area contributed by atoms with Gasteiger partial charge in [-0.25, -0.2) is 4.85 Å². The van der Waals surface area contributed by atoms with E-state index in [0.29, 0.717) is 30.1 Å². The number of benzene rings is 4. The van der Waals surface area contributed by atoms with Crippen molar-refractivity contribution in [3.05, 3.63) is 131 Å². The van der Waals surface area contributed by atoms with Crippen molar-refractivity contribution in [3.8, 4) is 11.1 Å². The van der Waals surface area contributed by atoms with Crippen LogP contribution in [0.5, 0.6) is 0 Å². The Morgan fingerprint density at radius 2 is 1.55 bits per heavy atom. The first kappa shape index (κ1) is 32.6. The van der Waals surface area contributed by atoms with Crippen LogP contribution in [0.15, 0.2) is 97.1 Å². The van der Waals surface area contributed by atoms with Gasteiger partial charge in [0.05, 0.1) is 18.6 Å². The van der Waals surface area contributed by atoms with Gasteiger partial charge in [-0.05, 0) is 77.4 Å². The predicted molar refractivity (Wildman–Crippen MR) is 165 cm³/mol. The Kier molecular flexibility index (Phi) is 12.3. The smallest absolute Gasteiger partial charge is 0.548 e. The molecule has 6 nitrogen and oxygen atoms in total. The first-order chi connectivity index (χ1) is 19.9. The monoisotopic (exact) mass is 569 g/mol. The molecule has 0 bridgehead atoms. The van der Waals surface area contributed by atoms with E-state index in [4.69, 9.17) is 6.57 Å². The molecule has 0 aliphatic heterocycles. The number of nitrogens with zero attached hydrogens (tertiary/aromatic N) is 2. The van der Waals surface area contributed by atoms with Crippen molar-refractivity contribution in [1.29, 1.82) is 0 Å². The Labute approximate surface area is 264 Å². The van der Waals surface area contributed by atoms with Crippen LogP contribution in [0, 0.1) is 13.5 Å². The molecule has 0 saturated heterocycles. The van der Waals surface area contributed by atoms with E-state index in [-0.39, 0.29) is 25.3 Å². The number of anilines is 1. The van der Waals surface area contributed by atoms with Crippen LogP contribution in [-0.4, -0.2) is 29.9 Å². The van der Waals surface area contributed by atoms with Gasteiger partial charge in [-0.15, -0.1) is 0 Å². The zero-order valence-corrected chi connectivity index (χ0v) is 25.0. The van der Waals surface area contributed by atoms with E-state index in [0.717, 1.165) is 33.5 Å². The standard InChI is InChI=1S/C34H33N3O3S.Li/c1-24-9-7-8-12-29(24)31-21-26(15-18-30(31)33(38)36-32(34(39)40)19-20-41-3)23-37(28-10-5-4-6-11-28)22-25-13-16-27(35-2)17-14-25;/h4-18,21,32H,19-20,22-23H2,1,3H3,(H,36,38)(H,39,40);/q;+1/p-1/t32-;/m0./s1. The average molecular weight is 570 g/mol. The molecular weight excluding hydrogens is 537 g/mol. The fourth-order valence-electron chi connectivity index (χ4n) is 4.70. The molecule has 0 fully saturated rings. The number of hydrogen-bond donors (Lipinski definition) is 1. The molecule has 0 saturated carbocycles. The molecule has 0 aromatic heterocycles. The van der Waals surface area contributed by atoms with E-state index in [1.165, 1.54) is 11.8 Å². The normalized spacial score (nSPS) is 11.1. The first-order valence-electron chi connectivity index (χ1n) is 13.4. The van der Waals surface area contributed by atoms with Crippen molar-refractivity contribution in [3.63, 3.8) is 0 Å². The second-order valence-corrected chi connectivity index (χ2v) is 10.8. The molecule has 0 unspecified atom stereocenters. The Balaban J connectivity index is 0.00000484. The van der Waals surface area contributed by atoms with Crippen LogP contribution in [0.1, 0.15) is 33.5 Å². The Morgan fingerprint density at radius 3 is 2.19 bits per heavy atom. The predicted octanol–water partition coefficient (Wildman–Crippen LogP) is 3.03. The van der Waals surface area contributed by atoms with Gasteiger partial charge in [0.15, 0.2) is 5.69 Å². The molecule has 4 rings (SSSR count). The number of para-hydroxylation sites is 1. The fourth-order valence-corrected chi connectivity index (χ4v) is 5.17. The van der Waals surface area contributed by atoms with Crippen LogP contribution < -0.4 is 34.2 Å². The van der Waals surface area contributed by atoms with Gasteiger partial charge in [-0.2, -0.15) is 11.8 Å². The number of carbonyl (C=O) groups excluding carboxylic acids is 2. The molecule has 8 heteroatoms. The number of carboxylic acid groups (broad SMARTS) is 1. The minimum absolute atomic E-state index is 0. The molecule has 1 N–H and O–H groups in total. The van der Waals surface area contributed by atoms with Crippen LogP contribution in [0.25, 0.3) is 16.0 Å². The number of carboxylic acids is 1. The topological polar surface area (TPSA) is 76.8 Å². The summed E-state index contributed by atoms with van der Waals surface area (Å²) >= 11 is 1.52. The number of hydrogen-bond acceptors (Lipinski definition) is 5. The number of aliphatic carboxylic acids is 1. The number of aryl methyl sites for hydroxylation is 1. The molecular formula is C34H32LiN3O3S. The van der Waals surface area contributed by atoms with Gasteiger partial charge in [-0.3, -0.25) is 4.79 Å². The molecule has 0 heterocycles. The fraction of sp³-hybridized carbons (Fsp3) is 0.206. The second-order valence-electron chi connectivity index (χ2n) is 9.79. The zero-order valence-electron chi connectivity index (χ0n) is 24.2. The van der Waals surface area contributed by atoms with Gasteiger partial charge in [0.25, 0.3) is 5.91 Å². The third-order valence-electron chi connectivity index (χ3n) is 6.90. The maximum Gasteiger partial charge on any atom is 1.00 e. The van der Waals surface area contributed by atoms with Crippen molar-refractivity contribution < 1.29 is 33.6 Å². The van der Waals surface area contributed by atoms with Crippen molar-refractivity contribution in [2.75, 3.05) is 16.9 Å². The Hall–Kier alpha value is -3.94. The Morgan fingerprint density at radius 1 is 0.905 bits per heavy atom. The molecule has 4 aromatic carbocycles. The molecule has 0 aliphatic rings. The van der Waals surface area contributed by atoms with Crippen LogP contribution >= 0.6 is 11.8 Å². The maximum atomic E-state index is 13.4. The SMILES string of the molecule is [C-]#[N+]c1ccc(CN(Cc2ccc(C(=O)N[C@@H](CCSC)C(=O)[O-])c(-c3ccccc3C)c2)c2ccccc2)cc1.[Li+]. The molecule has 0 aliphatic carbocycles. The average Bonchev–Trinajstić information content (AvgIpc) is 2.99. The maximum absolute atomic E-state index is 13.4. The van der Waals surface area contributed by atoms with E-state index in [2.05, 4.69) is 27.2 Å². The minimum atomic E-state index is -1.29. The molecule has 208 valence electrons. The summed E-state index contributed by atoms with van der Waals surface area (Å²) in [4.78, 5) is 30.9. The van der Waals surface area contributed by atoms with E-state index < -0.39 is 17.9 Å². The van der Waals surface area contributed by atoms with Gasteiger partial charge < -0.3 is 20.1 Å². The van der Waals surface area contributed by atoms with Gasteiger partial charge in [-0.1, -0.05) is 72.8 Å². The number of nitrogens with one attached hydrogen (secondary N) is 1. The molecule has 42 heavy (non-hydrogen) atoms. The van der Waals surface area contributed by atoms with Crippen molar-refractivity contribution in [2.45, 2.75) is 32.5 Å². The summed E-state index contributed by atoms with van der Waals surface area (Å²) in [6, 6.07) is 30.2. The van der Waals surface area contributed by atoms with E-state index in [1.807, 2.05) is 92.0 Å². The summed E-state index contributed by atoms with van der Waals surface area (Å²) in [5, 5.41) is 14.4. The summed E-state index contributed by atoms with van der Waals surface area (Å²) in [6.45, 7) is 10.4. The molecule has 1 amide bonds. The van der Waals surface area contributed by atoms with E-state index >= 15 is 0 Å². The van der Waals surface area contributed by atoms with E-state index in [9.17, 15) is 14.7 Å². The van der Waals surface area contributed by atoms with Crippen LogP contribution in [0.3, 0.4) is 0 Å². The summed E-state index contributed by atoms with van der Waals surface area (Å²) in [5.74, 6) is -1.13. The molecule has 0 radical (unpaired) electrons. The second kappa shape index (κ2) is 15.9. The molecule has 1 atom stereocenters. The number of amides is 1. The number of rotatable bonds is 12. The third kappa shape index (κ3) is 8.53. The van der Waals surface area contributed by atoms with Gasteiger partial charge in [0.1, 0.15) is 0 Å². The van der Waals surface area contributed by atoms with Gasteiger partial charge in [0, 0.05) is 24.3 Å². The van der Waals surface area contributed by atoms with Crippen LogP contribution in [-0.2, 0) is 17.9 Å². The minimum Gasteiger partial charge on any atom is -0.548 e. The van der Waals surface area contributed by atoms with Crippen molar-refractivity contribution in [2.24, 2.45) is 0 Å². The third-order valence-corrected chi connectivity index (χ3v) is 7.54. The largest absolute Gasteiger partial charge is 1.00 e. The molecule has 0 spiro atoms. The van der Waals surface area contributed by atoms with Gasteiger partial charge in [0.2, 0.25) is 0 Å². The van der Waals surface area contributed by atoms with Crippen molar-refractivity contribution >= 4 is 35.0 Å². The quantitative estimate of drug-likeness (QED) is 0.210. The summed E-state index contributed by atoms with van der Waals surface area (Å²) in [5.41, 5.74) is 6.81. The number of thioether (sulfide) groups is 1.